The van der Waals surface area contributed by atoms with Crippen LogP contribution in [0, 0.1) is 5.82 Å². The van der Waals surface area contributed by atoms with Gasteiger partial charge in [0, 0.05) is 28.9 Å². The molecule has 3 heterocycles. The largest absolute Gasteiger partial charge is 0.359 e. The maximum absolute atomic E-state index is 13.5. The Hall–Kier alpha value is -4.01. The lowest BCUT2D eigenvalue weighted by molar-refractivity contribution is 0.103. The van der Waals surface area contributed by atoms with Crippen LogP contribution in [0.2, 0.25) is 0 Å². The van der Waals surface area contributed by atoms with Gasteiger partial charge in [0.15, 0.2) is 5.82 Å². The van der Waals surface area contributed by atoms with Gasteiger partial charge in [0.25, 0.3) is 0 Å². The smallest absolute Gasteiger partial charge is 0.324 e. The number of nitrogens with one attached hydrogen (secondary N) is 2. The van der Waals surface area contributed by atoms with Gasteiger partial charge in [-0.25, -0.2) is 14.2 Å². The first-order valence-corrected chi connectivity index (χ1v) is 9.53. The summed E-state index contributed by atoms with van der Waals surface area (Å²) in [5.74, 6) is 0.172. The van der Waals surface area contributed by atoms with E-state index in [1.807, 2.05) is 20.8 Å². The number of carbonyl (C=O) groups is 2. The number of pyridine rings is 1. The molecule has 0 aliphatic heterocycles. The quantitative estimate of drug-likeness (QED) is 0.468. The molecule has 3 aromatic heterocycles. The Balaban J connectivity index is 1.44. The minimum absolute atomic E-state index is 0.224. The van der Waals surface area contributed by atoms with Crippen molar-refractivity contribution in [3.63, 3.8) is 0 Å². The molecule has 0 bridgehead atoms. The molecule has 2 N–H and O–H groups in total. The average molecular weight is 421 g/mol. The molecule has 9 heteroatoms. The molecule has 4 aromatic rings. The maximum atomic E-state index is 13.5. The lowest BCUT2D eigenvalue weighted by Crippen LogP contribution is -2.19. The van der Waals surface area contributed by atoms with Gasteiger partial charge in [-0.1, -0.05) is 25.9 Å². The highest BCUT2D eigenvalue weighted by atomic mass is 19.1. The molecule has 158 valence electrons. The number of urea groups is 1. The van der Waals surface area contributed by atoms with Crippen LogP contribution in [0.1, 0.15) is 42.6 Å². The zero-order chi connectivity index (χ0) is 22.2. The minimum Gasteiger partial charge on any atom is -0.359 e. The van der Waals surface area contributed by atoms with Gasteiger partial charge in [-0.2, -0.15) is 0 Å². The third-order valence-corrected chi connectivity index (χ3v) is 4.60. The molecule has 8 nitrogen and oxygen atoms in total. The third kappa shape index (κ3) is 4.30. The lowest BCUT2D eigenvalue weighted by atomic mass is 9.93. The molecule has 31 heavy (non-hydrogen) atoms. The summed E-state index contributed by atoms with van der Waals surface area (Å²) in [6.45, 7) is 5.93. The molecule has 0 fully saturated rings. The van der Waals surface area contributed by atoms with Gasteiger partial charge >= 0.3 is 6.03 Å². The number of anilines is 2. The standard InChI is InChI=1S/C22H20FN5O3/c1-22(2,3)17-10-18(27-31-17)26-21(30)25-15-7-4-13(5-8-15)20(29)16-11-24-19-9-6-14(23)12-28(16)19/h4-12H,1-3H3,(H2,25,26,27,30). The van der Waals surface area contributed by atoms with Crippen molar-refractivity contribution in [3.05, 3.63) is 77.7 Å². The van der Waals surface area contributed by atoms with E-state index in [2.05, 4.69) is 20.8 Å². The molecule has 0 atom stereocenters. The number of carbonyl (C=O) groups excluding carboxylic acids is 2. The van der Waals surface area contributed by atoms with Crippen LogP contribution >= 0.6 is 0 Å². The molecule has 4 rings (SSSR count). The molecule has 0 aliphatic rings. The summed E-state index contributed by atoms with van der Waals surface area (Å²) in [6.07, 6.45) is 2.62. The van der Waals surface area contributed by atoms with Gasteiger partial charge in [-0.05, 0) is 36.4 Å². The Morgan fingerprint density at radius 2 is 1.81 bits per heavy atom. The summed E-state index contributed by atoms with van der Waals surface area (Å²) in [6, 6.07) is 10.3. The van der Waals surface area contributed by atoms with Gasteiger partial charge < -0.3 is 9.84 Å². The molecule has 0 saturated carbocycles. The number of ketones is 1. The van der Waals surface area contributed by atoms with Gasteiger partial charge in [-0.3, -0.25) is 14.5 Å². The number of hydrogen-bond donors (Lipinski definition) is 2. The number of aromatic nitrogens is 3. The summed E-state index contributed by atoms with van der Waals surface area (Å²) < 4.78 is 20.2. The minimum atomic E-state index is -0.495. The van der Waals surface area contributed by atoms with Crippen molar-refractivity contribution in [1.29, 1.82) is 0 Å². The van der Waals surface area contributed by atoms with E-state index >= 15 is 0 Å². The lowest BCUT2D eigenvalue weighted by Gasteiger charge is -2.12. The number of rotatable bonds is 4. The highest BCUT2D eigenvalue weighted by molar-refractivity contribution is 6.08. The predicted octanol–water partition coefficient (Wildman–Crippen LogP) is 4.63. The van der Waals surface area contributed by atoms with Crippen molar-refractivity contribution in [3.8, 4) is 0 Å². The number of imidazole rings is 1. The van der Waals surface area contributed by atoms with E-state index in [9.17, 15) is 14.0 Å². The third-order valence-electron chi connectivity index (χ3n) is 4.60. The first-order valence-electron chi connectivity index (χ1n) is 9.53. The Morgan fingerprint density at radius 1 is 1.06 bits per heavy atom. The molecular formula is C22H20FN5O3. The number of halogens is 1. The van der Waals surface area contributed by atoms with Crippen molar-refractivity contribution in [2.75, 3.05) is 10.6 Å². The van der Waals surface area contributed by atoms with E-state index in [0.29, 0.717) is 28.5 Å². The fourth-order valence-corrected chi connectivity index (χ4v) is 2.94. The maximum Gasteiger partial charge on any atom is 0.324 e. The van der Waals surface area contributed by atoms with Crippen LogP contribution in [0.3, 0.4) is 0 Å². The van der Waals surface area contributed by atoms with Crippen molar-refractivity contribution < 1.29 is 18.5 Å². The second-order valence-corrected chi connectivity index (χ2v) is 8.03. The summed E-state index contributed by atoms with van der Waals surface area (Å²) in [4.78, 5) is 29.1. The second-order valence-electron chi connectivity index (χ2n) is 8.03. The molecule has 0 saturated heterocycles. The number of nitrogens with zero attached hydrogens (tertiary/aromatic N) is 3. The predicted molar refractivity (Wildman–Crippen MR) is 113 cm³/mol. The summed E-state index contributed by atoms with van der Waals surface area (Å²) in [5, 5.41) is 9.10. The Morgan fingerprint density at radius 3 is 2.48 bits per heavy atom. The SMILES string of the molecule is CC(C)(C)c1cc(NC(=O)Nc2ccc(C(=O)c3cnc4ccc(F)cn34)cc2)no1. The van der Waals surface area contributed by atoms with E-state index in [1.165, 1.54) is 28.9 Å². The molecule has 0 spiro atoms. The Kier molecular flexibility index (Phi) is 5.02. The van der Waals surface area contributed by atoms with Crippen LogP contribution in [-0.2, 0) is 5.41 Å². The van der Waals surface area contributed by atoms with Gasteiger partial charge in [-0.15, -0.1) is 0 Å². The topological polar surface area (TPSA) is 102 Å². The van der Waals surface area contributed by atoms with Crippen LogP contribution in [0.4, 0.5) is 20.7 Å². The van der Waals surface area contributed by atoms with Crippen LogP contribution < -0.4 is 10.6 Å². The van der Waals surface area contributed by atoms with Crippen molar-refractivity contribution in [2.45, 2.75) is 26.2 Å². The second kappa shape index (κ2) is 7.67. The fraction of sp³-hybridized carbons (Fsp3) is 0.182. The van der Waals surface area contributed by atoms with Crippen LogP contribution in [0.15, 0.2) is 59.4 Å². The first kappa shape index (κ1) is 20.3. The molecule has 0 aliphatic carbocycles. The average Bonchev–Trinajstić information content (AvgIpc) is 3.34. The normalized spacial score (nSPS) is 11.5. The fourth-order valence-electron chi connectivity index (χ4n) is 2.94. The number of amides is 2. The molecule has 1 aromatic carbocycles. The summed E-state index contributed by atoms with van der Waals surface area (Å²) >= 11 is 0. The number of hydrogen-bond acceptors (Lipinski definition) is 5. The van der Waals surface area contributed by atoms with Crippen molar-refractivity contribution in [1.82, 2.24) is 14.5 Å². The van der Waals surface area contributed by atoms with Crippen LogP contribution in [-0.4, -0.2) is 26.4 Å². The number of fused-ring (bicyclic) bond motifs is 1. The van der Waals surface area contributed by atoms with Crippen molar-refractivity contribution in [2.24, 2.45) is 0 Å². The van der Waals surface area contributed by atoms with E-state index in [-0.39, 0.29) is 16.9 Å². The molecular weight excluding hydrogens is 401 g/mol. The van der Waals surface area contributed by atoms with E-state index in [1.54, 1.807) is 30.3 Å². The molecule has 0 unspecified atom stereocenters. The first-order chi connectivity index (χ1) is 14.7. The zero-order valence-corrected chi connectivity index (χ0v) is 17.1. The van der Waals surface area contributed by atoms with E-state index < -0.39 is 11.8 Å². The monoisotopic (exact) mass is 421 g/mol. The van der Waals surface area contributed by atoms with Crippen LogP contribution in [0.25, 0.3) is 5.65 Å². The Labute approximate surface area is 177 Å². The highest BCUT2D eigenvalue weighted by Gasteiger charge is 2.20. The van der Waals surface area contributed by atoms with E-state index in [0.717, 1.165) is 0 Å². The zero-order valence-electron chi connectivity index (χ0n) is 17.1. The number of benzene rings is 1. The van der Waals surface area contributed by atoms with Crippen molar-refractivity contribution >= 4 is 29.0 Å². The van der Waals surface area contributed by atoms with Gasteiger partial charge in [0.1, 0.15) is 22.9 Å². The summed E-state index contributed by atoms with van der Waals surface area (Å²) in [5.41, 5.74) is 1.36. The molecule has 2 amide bonds. The molecule has 0 radical (unpaired) electrons. The van der Waals surface area contributed by atoms with Crippen LogP contribution in [0.5, 0.6) is 0 Å². The van der Waals surface area contributed by atoms with Gasteiger partial charge in [0.05, 0.1) is 6.20 Å². The van der Waals surface area contributed by atoms with Gasteiger partial charge in [0.2, 0.25) is 5.78 Å². The summed E-state index contributed by atoms with van der Waals surface area (Å²) in [7, 11) is 0. The highest BCUT2D eigenvalue weighted by Crippen LogP contribution is 2.24. The Bertz CT molecular complexity index is 1270. The van der Waals surface area contributed by atoms with E-state index in [4.69, 9.17) is 4.52 Å².